The molecule has 3 aromatic rings. The number of benzene rings is 2. The lowest BCUT2D eigenvalue weighted by molar-refractivity contribution is 0.225. The number of hydrogen-bond donors (Lipinski definition) is 1. The number of fused-ring (bicyclic) bond motifs is 3. The summed E-state index contributed by atoms with van der Waals surface area (Å²) in [6, 6.07) is 14.0. The Morgan fingerprint density at radius 1 is 1.12 bits per heavy atom. The standard InChI is InChI=1S/C17H13FN4OS/c1-24-17-20-16-14(21-22-17)12-7-2-3-8-13(12)19-15(23-16)10-5-4-6-11(18)9-10/h2-9,15,19H,1H3/t15-/m0/s1. The second kappa shape index (κ2) is 6.09. The average molecular weight is 340 g/mol. The molecule has 0 fully saturated rings. The highest BCUT2D eigenvalue weighted by molar-refractivity contribution is 7.98. The summed E-state index contributed by atoms with van der Waals surface area (Å²) >= 11 is 1.38. The first-order valence-corrected chi connectivity index (χ1v) is 8.54. The van der Waals surface area contributed by atoms with Gasteiger partial charge < -0.3 is 10.1 Å². The number of thioether (sulfide) groups is 1. The molecule has 1 N–H and O–H groups in total. The summed E-state index contributed by atoms with van der Waals surface area (Å²) in [5.74, 6) is 0.0577. The molecule has 2 aromatic carbocycles. The van der Waals surface area contributed by atoms with Crippen molar-refractivity contribution in [2.45, 2.75) is 11.4 Å². The molecule has 7 heteroatoms. The van der Waals surface area contributed by atoms with Crippen molar-refractivity contribution in [2.75, 3.05) is 11.6 Å². The summed E-state index contributed by atoms with van der Waals surface area (Å²) in [5.41, 5.74) is 2.91. The van der Waals surface area contributed by atoms with Crippen LogP contribution in [0.5, 0.6) is 5.88 Å². The van der Waals surface area contributed by atoms with Crippen LogP contribution < -0.4 is 10.1 Å². The quantitative estimate of drug-likeness (QED) is 0.714. The molecule has 120 valence electrons. The SMILES string of the molecule is CSc1nnc2c(n1)O[C@@H](c1cccc(F)c1)Nc1ccccc1-2. The Balaban J connectivity index is 1.87. The molecule has 1 aromatic heterocycles. The minimum absolute atomic E-state index is 0.318. The van der Waals surface area contributed by atoms with E-state index in [9.17, 15) is 4.39 Å². The summed E-state index contributed by atoms with van der Waals surface area (Å²) < 4.78 is 19.6. The van der Waals surface area contributed by atoms with Crippen LogP contribution in [-0.2, 0) is 0 Å². The molecule has 0 radical (unpaired) electrons. The summed E-state index contributed by atoms with van der Waals surface area (Å²) in [5, 5.41) is 12.2. The Bertz CT molecular complexity index is 905. The predicted octanol–water partition coefficient (Wildman–Crippen LogP) is 3.90. The molecule has 0 unspecified atom stereocenters. The smallest absolute Gasteiger partial charge is 0.247 e. The molecule has 0 saturated heterocycles. The number of ether oxygens (including phenoxy) is 1. The fourth-order valence-corrected chi connectivity index (χ4v) is 2.85. The van der Waals surface area contributed by atoms with Gasteiger partial charge in [0.1, 0.15) is 5.82 Å². The molecule has 5 nitrogen and oxygen atoms in total. The van der Waals surface area contributed by atoms with Crippen LogP contribution in [0.3, 0.4) is 0 Å². The maximum atomic E-state index is 13.6. The second-order valence-corrected chi connectivity index (χ2v) is 5.97. The first kappa shape index (κ1) is 14.9. The number of hydrogen-bond acceptors (Lipinski definition) is 6. The van der Waals surface area contributed by atoms with E-state index in [4.69, 9.17) is 4.74 Å². The van der Waals surface area contributed by atoms with Gasteiger partial charge >= 0.3 is 0 Å². The molecular weight excluding hydrogens is 327 g/mol. The van der Waals surface area contributed by atoms with Gasteiger partial charge in [-0.3, -0.25) is 0 Å². The zero-order valence-corrected chi connectivity index (χ0v) is 13.5. The maximum absolute atomic E-state index is 13.6. The molecule has 2 heterocycles. The van der Waals surface area contributed by atoms with Crippen LogP contribution in [0.25, 0.3) is 11.3 Å². The van der Waals surface area contributed by atoms with Gasteiger partial charge in [-0.15, -0.1) is 10.2 Å². The Morgan fingerprint density at radius 2 is 2.00 bits per heavy atom. The fraction of sp³-hybridized carbons (Fsp3) is 0.118. The van der Waals surface area contributed by atoms with E-state index in [0.29, 0.717) is 22.3 Å². The topological polar surface area (TPSA) is 59.9 Å². The third-order valence-corrected chi connectivity index (χ3v) is 4.21. The number of nitrogens with zero attached hydrogens (tertiary/aromatic N) is 3. The van der Waals surface area contributed by atoms with Crippen molar-refractivity contribution in [3.63, 3.8) is 0 Å². The molecule has 0 spiro atoms. The molecular formula is C17H13FN4OS. The summed E-state index contributed by atoms with van der Waals surface area (Å²) in [7, 11) is 0. The number of aromatic nitrogens is 3. The van der Waals surface area contributed by atoms with Crippen molar-refractivity contribution in [1.29, 1.82) is 0 Å². The molecule has 1 atom stereocenters. The number of anilines is 1. The lowest BCUT2D eigenvalue weighted by Crippen LogP contribution is -2.17. The third kappa shape index (κ3) is 2.67. The van der Waals surface area contributed by atoms with Gasteiger partial charge in [0.05, 0.1) is 0 Å². The van der Waals surface area contributed by atoms with Gasteiger partial charge in [-0.25, -0.2) is 4.39 Å². The molecule has 0 amide bonds. The zero-order valence-electron chi connectivity index (χ0n) is 12.7. The molecule has 0 aliphatic carbocycles. The summed E-state index contributed by atoms with van der Waals surface area (Å²) in [6.45, 7) is 0. The van der Waals surface area contributed by atoms with E-state index in [0.717, 1.165) is 11.3 Å². The Kier molecular flexibility index (Phi) is 3.78. The van der Waals surface area contributed by atoms with Gasteiger partial charge in [0, 0.05) is 16.8 Å². The van der Waals surface area contributed by atoms with E-state index in [-0.39, 0.29) is 5.82 Å². The Hall–Kier alpha value is -2.67. The van der Waals surface area contributed by atoms with Crippen LogP contribution in [0.15, 0.2) is 53.7 Å². The Morgan fingerprint density at radius 3 is 2.83 bits per heavy atom. The summed E-state index contributed by atoms with van der Waals surface area (Å²) in [6.07, 6.45) is 1.30. The van der Waals surface area contributed by atoms with Crippen LogP contribution >= 0.6 is 11.8 Å². The van der Waals surface area contributed by atoms with Crippen molar-refractivity contribution in [2.24, 2.45) is 0 Å². The lowest BCUT2D eigenvalue weighted by atomic mass is 10.1. The van der Waals surface area contributed by atoms with E-state index in [1.54, 1.807) is 12.1 Å². The van der Waals surface area contributed by atoms with Crippen molar-refractivity contribution < 1.29 is 9.13 Å². The molecule has 1 aliphatic rings. The van der Waals surface area contributed by atoms with Gasteiger partial charge in [-0.05, 0) is 24.5 Å². The van der Waals surface area contributed by atoms with Crippen molar-refractivity contribution in [3.8, 4) is 17.1 Å². The number of para-hydroxylation sites is 1. The molecule has 0 saturated carbocycles. The largest absolute Gasteiger partial charge is 0.448 e. The van der Waals surface area contributed by atoms with Gasteiger partial charge in [0.15, 0.2) is 11.9 Å². The highest BCUT2D eigenvalue weighted by Gasteiger charge is 2.25. The van der Waals surface area contributed by atoms with Crippen LogP contribution in [0, 0.1) is 5.82 Å². The first-order valence-electron chi connectivity index (χ1n) is 7.31. The predicted molar refractivity (Wildman–Crippen MR) is 90.4 cm³/mol. The minimum atomic E-state index is -0.575. The highest BCUT2D eigenvalue weighted by atomic mass is 32.2. The molecule has 0 bridgehead atoms. The Labute approximate surface area is 142 Å². The number of nitrogens with one attached hydrogen (secondary N) is 1. The summed E-state index contributed by atoms with van der Waals surface area (Å²) in [4.78, 5) is 4.42. The average Bonchev–Trinajstić information content (AvgIpc) is 2.78. The maximum Gasteiger partial charge on any atom is 0.247 e. The van der Waals surface area contributed by atoms with Crippen molar-refractivity contribution in [1.82, 2.24) is 15.2 Å². The highest BCUT2D eigenvalue weighted by Crippen LogP contribution is 2.39. The third-order valence-electron chi connectivity index (χ3n) is 3.67. The van der Waals surface area contributed by atoms with Gasteiger partial charge in [0.2, 0.25) is 11.0 Å². The van der Waals surface area contributed by atoms with Crippen LogP contribution in [0.1, 0.15) is 11.8 Å². The van der Waals surface area contributed by atoms with E-state index < -0.39 is 6.23 Å². The second-order valence-electron chi connectivity index (χ2n) is 5.20. The van der Waals surface area contributed by atoms with Crippen molar-refractivity contribution >= 4 is 17.4 Å². The van der Waals surface area contributed by atoms with Crippen LogP contribution in [-0.4, -0.2) is 21.4 Å². The zero-order chi connectivity index (χ0) is 16.5. The van der Waals surface area contributed by atoms with E-state index in [1.165, 1.54) is 23.9 Å². The molecule has 1 aliphatic heterocycles. The minimum Gasteiger partial charge on any atom is -0.448 e. The van der Waals surface area contributed by atoms with Crippen molar-refractivity contribution in [3.05, 3.63) is 59.9 Å². The first-order chi connectivity index (χ1) is 11.7. The van der Waals surface area contributed by atoms with E-state index in [1.807, 2.05) is 30.5 Å². The number of halogens is 1. The number of rotatable bonds is 2. The fourth-order valence-electron chi connectivity index (χ4n) is 2.55. The molecule has 24 heavy (non-hydrogen) atoms. The van der Waals surface area contributed by atoms with Crippen LogP contribution in [0.2, 0.25) is 0 Å². The van der Waals surface area contributed by atoms with Gasteiger partial charge in [-0.1, -0.05) is 42.1 Å². The van der Waals surface area contributed by atoms with Gasteiger partial charge in [-0.2, -0.15) is 4.98 Å². The van der Waals surface area contributed by atoms with Crippen LogP contribution in [0.4, 0.5) is 10.1 Å². The molecule has 4 rings (SSSR count). The lowest BCUT2D eigenvalue weighted by Gasteiger charge is -2.19. The monoisotopic (exact) mass is 340 g/mol. The normalized spacial score (nSPS) is 15.5. The van der Waals surface area contributed by atoms with E-state index >= 15 is 0 Å². The van der Waals surface area contributed by atoms with E-state index in [2.05, 4.69) is 20.5 Å². The van der Waals surface area contributed by atoms with Gasteiger partial charge in [0.25, 0.3) is 0 Å².